The fourth-order valence-electron chi connectivity index (χ4n) is 2.28. The third-order valence-corrected chi connectivity index (χ3v) is 3.38. The van der Waals surface area contributed by atoms with Gasteiger partial charge in [-0.15, -0.1) is 0 Å². The number of hydrogen-bond donors (Lipinski definition) is 1. The maximum Gasteiger partial charge on any atom is 0.323 e. The molecule has 3 atom stereocenters. The average Bonchev–Trinajstić information content (AvgIpc) is 2.59. The summed E-state index contributed by atoms with van der Waals surface area (Å²) in [7, 11) is 1.46. The van der Waals surface area contributed by atoms with Crippen LogP contribution in [0.25, 0.3) is 0 Å². The summed E-state index contributed by atoms with van der Waals surface area (Å²) < 4.78 is 4.82. The zero-order valence-corrected chi connectivity index (χ0v) is 10.2. The van der Waals surface area contributed by atoms with Gasteiger partial charge in [0.1, 0.15) is 6.04 Å². The van der Waals surface area contributed by atoms with E-state index in [2.05, 4.69) is 12.2 Å². The predicted molar refractivity (Wildman–Crippen MR) is 60.6 cm³/mol. The smallest absolute Gasteiger partial charge is 0.323 e. The zero-order valence-electron chi connectivity index (χ0n) is 10.2. The van der Waals surface area contributed by atoms with Crippen LogP contribution in [0.4, 0.5) is 0 Å². The van der Waals surface area contributed by atoms with Crippen LogP contribution < -0.4 is 5.32 Å². The van der Waals surface area contributed by atoms with Gasteiger partial charge in [0, 0.05) is 6.04 Å². The molecule has 1 rings (SSSR count). The molecule has 0 amide bonds. The molecule has 0 aliphatic heterocycles. The second kappa shape index (κ2) is 5.50. The summed E-state index contributed by atoms with van der Waals surface area (Å²) in [6, 6.07) is 0.331. The summed E-state index contributed by atoms with van der Waals surface area (Å²) in [6.07, 6.45) is 3.72. The standard InChI is InChI=1S/C12H23NO2/c1-8(2)11(12(14)15-4)13-10-7-5-6-9(10)3/h8-11,13H,5-7H2,1-4H3. The molecule has 0 bridgehead atoms. The fourth-order valence-corrected chi connectivity index (χ4v) is 2.28. The average molecular weight is 213 g/mol. The number of hydrogen-bond acceptors (Lipinski definition) is 3. The highest BCUT2D eigenvalue weighted by Gasteiger charge is 2.30. The molecule has 0 aromatic rings. The van der Waals surface area contributed by atoms with Crippen LogP contribution in [0.5, 0.6) is 0 Å². The van der Waals surface area contributed by atoms with Gasteiger partial charge in [0.25, 0.3) is 0 Å². The van der Waals surface area contributed by atoms with E-state index in [0.29, 0.717) is 12.0 Å². The molecule has 3 nitrogen and oxygen atoms in total. The molecule has 3 heteroatoms. The van der Waals surface area contributed by atoms with Crippen LogP contribution >= 0.6 is 0 Å². The molecule has 0 saturated heterocycles. The van der Waals surface area contributed by atoms with Crippen molar-refractivity contribution in [2.75, 3.05) is 7.11 Å². The molecule has 0 aromatic carbocycles. The number of esters is 1. The maximum atomic E-state index is 11.6. The monoisotopic (exact) mass is 213 g/mol. The number of methoxy groups -OCH3 is 1. The van der Waals surface area contributed by atoms with Crippen molar-refractivity contribution in [3.8, 4) is 0 Å². The summed E-state index contributed by atoms with van der Waals surface area (Å²) in [4.78, 5) is 11.6. The lowest BCUT2D eigenvalue weighted by molar-refractivity contribution is -0.144. The van der Waals surface area contributed by atoms with Crippen LogP contribution in [0, 0.1) is 11.8 Å². The minimum atomic E-state index is -0.152. The van der Waals surface area contributed by atoms with E-state index >= 15 is 0 Å². The van der Waals surface area contributed by atoms with E-state index in [1.807, 2.05) is 13.8 Å². The molecule has 88 valence electrons. The molecule has 0 spiro atoms. The van der Waals surface area contributed by atoms with Crippen LogP contribution in [0.15, 0.2) is 0 Å². The number of nitrogens with one attached hydrogen (secondary N) is 1. The third-order valence-electron chi connectivity index (χ3n) is 3.38. The number of ether oxygens (including phenoxy) is 1. The van der Waals surface area contributed by atoms with Crippen LogP contribution in [0.3, 0.4) is 0 Å². The van der Waals surface area contributed by atoms with Crippen molar-refractivity contribution < 1.29 is 9.53 Å². The van der Waals surface area contributed by atoms with Crippen molar-refractivity contribution in [3.05, 3.63) is 0 Å². The highest BCUT2D eigenvalue weighted by atomic mass is 16.5. The first-order valence-electron chi connectivity index (χ1n) is 5.90. The Morgan fingerprint density at radius 3 is 2.47 bits per heavy atom. The molecule has 1 aliphatic rings. The molecule has 3 unspecified atom stereocenters. The molecule has 0 aromatic heterocycles. The highest BCUT2D eigenvalue weighted by molar-refractivity contribution is 5.75. The lowest BCUT2D eigenvalue weighted by Gasteiger charge is -2.26. The summed E-state index contributed by atoms with van der Waals surface area (Å²) in [5.74, 6) is 0.824. The van der Waals surface area contributed by atoms with E-state index in [1.54, 1.807) is 0 Å². The second-order valence-corrected chi connectivity index (χ2v) is 4.93. The SMILES string of the molecule is COC(=O)C(NC1CCCC1C)C(C)C. The molecule has 15 heavy (non-hydrogen) atoms. The van der Waals surface area contributed by atoms with Crippen LogP contribution in [-0.4, -0.2) is 25.2 Å². The molecule has 1 saturated carbocycles. The summed E-state index contributed by atoms with van der Waals surface area (Å²) in [5, 5.41) is 3.44. The number of carbonyl (C=O) groups excluding carboxylic acids is 1. The Hall–Kier alpha value is -0.570. The molecule has 1 N–H and O–H groups in total. The van der Waals surface area contributed by atoms with Crippen LogP contribution in [-0.2, 0) is 9.53 Å². The van der Waals surface area contributed by atoms with Gasteiger partial charge >= 0.3 is 5.97 Å². The van der Waals surface area contributed by atoms with Crippen molar-refractivity contribution >= 4 is 5.97 Å². The van der Waals surface area contributed by atoms with E-state index in [-0.39, 0.29) is 17.9 Å². The normalized spacial score (nSPS) is 28.1. The molecule has 1 fully saturated rings. The molecule has 1 aliphatic carbocycles. The minimum absolute atomic E-state index is 0.135. The van der Waals surface area contributed by atoms with E-state index in [1.165, 1.54) is 26.4 Å². The highest BCUT2D eigenvalue weighted by Crippen LogP contribution is 2.25. The Bertz CT molecular complexity index is 216. The predicted octanol–water partition coefficient (Wildman–Crippen LogP) is 1.96. The summed E-state index contributed by atoms with van der Waals surface area (Å²) >= 11 is 0. The first-order chi connectivity index (χ1) is 7.06. The topological polar surface area (TPSA) is 38.3 Å². The Kier molecular flexibility index (Phi) is 4.58. The fraction of sp³-hybridized carbons (Fsp3) is 0.917. The van der Waals surface area contributed by atoms with E-state index in [9.17, 15) is 4.79 Å². The summed E-state index contributed by atoms with van der Waals surface area (Å²) in [5.41, 5.74) is 0. The summed E-state index contributed by atoms with van der Waals surface area (Å²) in [6.45, 7) is 6.35. The van der Waals surface area contributed by atoms with Gasteiger partial charge in [-0.05, 0) is 24.7 Å². The van der Waals surface area contributed by atoms with Crippen molar-refractivity contribution in [1.82, 2.24) is 5.32 Å². The van der Waals surface area contributed by atoms with Crippen molar-refractivity contribution in [1.29, 1.82) is 0 Å². The largest absolute Gasteiger partial charge is 0.468 e. The van der Waals surface area contributed by atoms with Gasteiger partial charge < -0.3 is 10.1 Å². The Morgan fingerprint density at radius 1 is 1.40 bits per heavy atom. The maximum absolute atomic E-state index is 11.6. The third kappa shape index (κ3) is 3.20. The van der Waals surface area contributed by atoms with Crippen LogP contribution in [0.1, 0.15) is 40.0 Å². The number of carbonyl (C=O) groups is 1. The molecular weight excluding hydrogens is 190 g/mol. The zero-order chi connectivity index (χ0) is 11.4. The van der Waals surface area contributed by atoms with Gasteiger partial charge in [-0.25, -0.2) is 0 Å². The molecular formula is C12H23NO2. The quantitative estimate of drug-likeness (QED) is 0.725. The Balaban J connectivity index is 2.54. The van der Waals surface area contributed by atoms with Gasteiger partial charge in [-0.2, -0.15) is 0 Å². The lowest BCUT2D eigenvalue weighted by Crippen LogP contribution is -2.47. The van der Waals surface area contributed by atoms with E-state index in [4.69, 9.17) is 4.74 Å². The van der Waals surface area contributed by atoms with Crippen molar-refractivity contribution in [2.45, 2.75) is 52.1 Å². The molecule has 0 radical (unpaired) electrons. The van der Waals surface area contributed by atoms with Gasteiger partial charge in [0.05, 0.1) is 7.11 Å². The van der Waals surface area contributed by atoms with Crippen molar-refractivity contribution in [2.24, 2.45) is 11.8 Å². The van der Waals surface area contributed by atoms with Gasteiger partial charge in [-0.1, -0.05) is 27.2 Å². The van der Waals surface area contributed by atoms with Crippen LogP contribution in [0.2, 0.25) is 0 Å². The van der Waals surface area contributed by atoms with Gasteiger partial charge in [0.2, 0.25) is 0 Å². The van der Waals surface area contributed by atoms with Gasteiger partial charge in [0.15, 0.2) is 0 Å². The first-order valence-corrected chi connectivity index (χ1v) is 5.90. The first kappa shape index (κ1) is 12.5. The Labute approximate surface area is 92.6 Å². The van der Waals surface area contributed by atoms with E-state index in [0.717, 1.165) is 0 Å². The minimum Gasteiger partial charge on any atom is -0.468 e. The second-order valence-electron chi connectivity index (χ2n) is 4.93. The molecule has 0 heterocycles. The van der Waals surface area contributed by atoms with Gasteiger partial charge in [-0.3, -0.25) is 4.79 Å². The van der Waals surface area contributed by atoms with E-state index < -0.39 is 0 Å². The lowest BCUT2D eigenvalue weighted by atomic mass is 10.00. The van der Waals surface area contributed by atoms with Crippen molar-refractivity contribution in [3.63, 3.8) is 0 Å². The number of rotatable bonds is 4. The Morgan fingerprint density at radius 2 is 2.07 bits per heavy atom.